The molecule has 2 heteroatoms. The van der Waals surface area contributed by atoms with Gasteiger partial charge in [-0.15, -0.1) is 0 Å². The van der Waals surface area contributed by atoms with E-state index in [4.69, 9.17) is 4.42 Å². The van der Waals surface area contributed by atoms with Crippen LogP contribution in [0.1, 0.15) is 0 Å². The van der Waals surface area contributed by atoms with Crippen LogP contribution < -0.4 is 0 Å². The highest BCUT2D eigenvalue weighted by molar-refractivity contribution is 6.19. The number of hydrogen-bond acceptors (Lipinski definition) is 1. The zero-order valence-electron chi connectivity index (χ0n) is 14.0. The van der Waals surface area contributed by atoms with Crippen LogP contribution >= 0.6 is 0 Å². The monoisotopic (exact) mass is 333 g/mol. The summed E-state index contributed by atoms with van der Waals surface area (Å²) in [7, 11) is 0. The van der Waals surface area contributed by atoms with Crippen LogP contribution in [-0.2, 0) is 0 Å². The summed E-state index contributed by atoms with van der Waals surface area (Å²) >= 11 is 0. The summed E-state index contributed by atoms with van der Waals surface area (Å²) in [4.78, 5) is 3.59. The lowest BCUT2D eigenvalue weighted by Crippen LogP contribution is -1.78. The number of para-hydroxylation sites is 1. The van der Waals surface area contributed by atoms with Crippen LogP contribution in [0.25, 0.3) is 54.9 Å². The van der Waals surface area contributed by atoms with E-state index in [2.05, 4.69) is 77.8 Å². The summed E-state index contributed by atoms with van der Waals surface area (Å²) < 4.78 is 6.11. The molecule has 2 heterocycles. The predicted molar refractivity (Wildman–Crippen MR) is 109 cm³/mol. The molecule has 0 aliphatic rings. The molecule has 0 spiro atoms. The molecule has 0 saturated carbocycles. The minimum atomic E-state index is 0.933. The van der Waals surface area contributed by atoms with Crippen LogP contribution in [0.2, 0.25) is 0 Å². The van der Waals surface area contributed by atoms with Crippen LogP contribution in [0, 0.1) is 0 Å². The first kappa shape index (κ1) is 13.7. The molecular weight excluding hydrogens is 318 g/mol. The third-order valence-corrected chi connectivity index (χ3v) is 5.20. The summed E-state index contributed by atoms with van der Waals surface area (Å²) in [5, 5.41) is 4.76. The van der Waals surface area contributed by atoms with Crippen molar-refractivity contribution in [2.75, 3.05) is 0 Å². The van der Waals surface area contributed by atoms with Crippen molar-refractivity contribution in [3.05, 3.63) is 84.9 Å². The van der Waals surface area contributed by atoms with Crippen LogP contribution in [0.4, 0.5) is 0 Å². The zero-order valence-corrected chi connectivity index (χ0v) is 14.0. The van der Waals surface area contributed by atoms with Gasteiger partial charge in [0.2, 0.25) is 0 Å². The van der Waals surface area contributed by atoms with Crippen LogP contribution in [0.15, 0.2) is 89.3 Å². The second-order valence-corrected chi connectivity index (χ2v) is 6.71. The molecule has 0 amide bonds. The fourth-order valence-electron chi connectivity index (χ4n) is 4.03. The zero-order chi connectivity index (χ0) is 17.1. The molecule has 1 N–H and O–H groups in total. The number of aromatic nitrogens is 1. The molecule has 2 nitrogen and oxygen atoms in total. The first-order valence-electron chi connectivity index (χ1n) is 8.79. The first-order chi connectivity index (χ1) is 12.9. The molecule has 0 atom stereocenters. The van der Waals surface area contributed by atoms with Gasteiger partial charge >= 0.3 is 0 Å². The van der Waals surface area contributed by atoms with Gasteiger partial charge in [0.25, 0.3) is 0 Å². The molecule has 6 rings (SSSR count). The molecule has 0 aliphatic heterocycles. The van der Waals surface area contributed by atoms with Gasteiger partial charge in [0, 0.05) is 32.6 Å². The van der Waals surface area contributed by atoms with Crippen molar-refractivity contribution in [1.29, 1.82) is 0 Å². The van der Waals surface area contributed by atoms with Crippen molar-refractivity contribution in [1.82, 2.24) is 4.98 Å². The first-order valence-corrected chi connectivity index (χ1v) is 8.79. The standard InChI is InChI=1S/C24H15NO/c1-2-7-15(8-3-1)16-10-6-11-20-24(16)19-14-23-18(13-21(19)25-20)17-9-4-5-12-22(17)26-23/h1-14,25H. The highest BCUT2D eigenvalue weighted by Crippen LogP contribution is 2.38. The quantitative estimate of drug-likeness (QED) is 0.349. The number of fused-ring (bicyclic) bond motifs is 6. The molecule has 6 aromatic rings. The highest BCUT2D eigenvalue weighted by atomic mass is 16.3. The topological polar surface area (TPSA) is 28.9 Å². The van der Waals surface area contributed by atoms with E-state index >= 15 is 0 Å². The van der Waals surface area contributed by atoms with Crippen LogP contribution in [-0.4, -0.2) is 4.98 Å². The summed E-state index contributed by atoms with van der Waals surface area (Å²) in [5.74, 6) is 0. The van der Waals surface area contributed by atoms with Crippen molar-refractivity contribution < 1.29 is 4.42 Å². The number of H-pyrrole nitrogens is 1. The van der Waals surface area contributed by atoms with E-state index in [0.717, 1.165) is 33.0 Å². The number of benzene rings is 4. The van der Waals surface area contributed by atoms with Crippen molar-refractivity contribution in [3.63, 3.8) is 0 Å². The maximum absolute atomic E-state index is 6.11. The lowest BCUT2D eigenvalue weighted by molar-refractivity contribution is 0.669. The molecule has 26 heavy (non-hydrogen) atoms. The van der Waals surface area contributed by atoms with Crippen LogP contribution in [0.3, 0.4) is 0 Å². The molecule has 0 unspecified atom stereocenters. The molecule has 0 bridgehead atoms. The Morgan fingerprint density at radius 3 is 2.35 bits per heavy atom. The van der Waals surface area contributed by atoms with Gasteiger partial charge in [-0.05, 0) is 35.4 Å². The Balaban J connectivity index is 1.77. The third-order valence-electron chi connectivity index (χ3n) is 5.20. The van der Waals surface area contributed by atoms with Crippen molar-refractivity contribution in [2.24, 2.45) is 0 Å². The second kappa shape index (κ2) is 4.99. The minimum Gasteiger partial charge on any atom is -0.456 e. The number of rotatable bonds is 1. The van der Waals surface area contributed by atoms with Gasteiger partial charge in [-0.2, -0.15) is 0 Å². The summed E-state index contributed by atoms with van der Waals surface area (Å²) in [6.45, 7) is 0. The number of aromatic amines is 1. The van der Waals surface area contributed by atoms with E-state index in [1.165, 1.54) is 21.9 Å². The maximum atomic E-state index is 6.11. The number of furan rings is 1. The van der Waals surface area contributed by atoms with E-state index in [9.17, 15) is 0 Å². The number of hydrogen-bond donors (Lipinski definition) is 1. The van der Waals surface area contributed by atoms with Crippen molar-refractivity contribution in [3.8, 4) is 11.1 Å². The van der Waals surface area contributed by atoms with Gasteiger partial charge in [0.1, 0.15) is 11.2 Å². The SMILES string of the molecule is c1ccc(-c2cccc3[nH]c4cc5c(cc4c23)oc2ccccc25)cc1. The molecule has 2 aromatic heterocycles. The van der Waals surface area contributed by atoms with Crippen molar-refractivity contribution >= 4 is 43.7 Å². The molecular formula is C24H15NO. The Hall–Kier alpha value is -3.52. The molecule has 0 saturated heterocycles. The van der Waals surface area contributed by atoms with E-state index in [1.807, 2.05) is 12.1 Å². The Kier molecular flexibility index (Phi) is 2.64. The highest BCUT2D eigenvalue weighted by Gasteiger charge is 2.14. The lowest BCUT2D eigenvalue weighted by atomic mass is 9.99. The van der Waals surface area contributed by atoms with Gasteiger partial charge in [-0.3, -0.25) is 0 Å². The third kappa shape index (κ3) is 1.81. The van der Waals surface area contributed by atoms with E-state index in [1.54, 1.807) is 0 Å². The Labute approximate surface area is 149 Å². The van der Waals surface area contributed by atoms with E-state index < -0.39 is 0 Å². The lowest BCUT2D eigenvalue weighted by Gasteiger charge is -2.04. The fraction of sp³-hybridized carbons (Fsp3) is 0. The molecule has 122 valence electrons. The maximum Gasteiger partial charge on any atom is 0.136 e. The summed E-state index contributed by atoms with van der Waals surface area (Å²) in [6, 6.07) is 29.6. The Morgan fingerprint density at radius 1 is 0.577 bits per heavy atom. The number of nitrogens with one attached hydrogen (secondary N) is 1. The second-order valence-electron chi connectivity index (χ2n) is 6.71. The molecule has 0 radical (unpaired) electrons. The summed E-state index contributed by atoms with van der Waals surface area (Å²) in [6.07, 6.45) is 0. The van der Waals surface area contributed by atoms with Crippen LogP contribution in [0.5, 0.6) is 0 Å². The van der Waals surface area contributed by atoms with Gasteiger partial charge in [-0.1, -0.05) is 60.7 Å². The van der Waals surface area contributed by atoms with Gasteiger partial charge in [0.15, 0.2) is 0 Å². The minimum absolute atomic E-state index is 0.933. The predicted octanol–water partition coefficient (Wildman–Crippen LogP) is 6.89. The van der Waals surface area contributed by atoms with Gasteiger partial charge < -0.3 is 9.40 Å². The van der Waals surface area contributed by atoms with Gasteiger partial charge in [-0.25, -0.2) is 0 Å². The largest absolute Gasteiger partial charge is 0.456 e. The van der Waals surface area contributed by atoms with Gasteiger partial charge in [0.05, 0.1) is 0 Å². The van der Waals surface area contributed by atoms with Crippen molar-refractivity contribution in [2.45, 2.75) is 0 Å². The summed E-state index contributed by atoms with van der Waals surface area (Å²) in [5.41, 5.74) is 6.62. The molecule has 0 aliphatic carbocycles. The molecule has 0 fully saturated rings. The fourth-order valence-corrected chi connectivity index (χ4v) is 4.03. The normalized spacial score (nSPS) is 11.8. The average molecular weight is 333 g/mol. The van der Waals surface area contributed by atoms with E-state index in [0.29, 0.717) is 0 Å². The Bertz CT molecular complexity index is 1420. The average Bonchev–Trinajstić information content (AvgIpc) is 3.24. The van der Waals surface area contributed by atoms with E-state index in [-0.39, 0.29) is 0 Å². The smallest absolute Gasteiger partial charge is 0.136 e. The Morgan fingerprint density at radius 2 is 1.42 bits per heavy atom. The molecule has 4 aromatic carbocycles.